The summed E-state index contributed by atoms with van der Waals surface area (Å²) in [6.45, 7) is 5.79. The van der Waals surface area contributed by atoms with Crippen molar-refractivity contribution in [1.29, 1.82) is 0 Å². The Hall–Kier alpha value is -1.56. The maximum atomic E-state index is 13.2. The molecule has 0 radical (unpaired) electrons. The molecule has 0 saturated carbocycles. The molecule has 0 saturated heterocycles. The molecule has 2 amide bonds. The van der Waals surface area contributed by atoms with E-state index in [9.17, 15) is 9.59 Å². The summed E-state index contributed by atoms with van der Waals surface area (Å²) in [5.41, 5.74) is 1.48. The van der Waals surface area contributed by atoms with Crippen LogP contribution in [0.5, 0.6) is 0 Å². The highest BCUT2D eigenvalue weighted by Crippen LogP contribution is 2.26. The highest BCUT2D eigenvalue weighted by atomic mass is 79.9. The summed E-state index contributed by atoms with van der Waals surface area (Å²) >= 11 is 15.9. The van der Waals surface area contributed by atoms with Gasteiger partial charge in [-0.3, -0.25) is 9.59 Å². The number of halogens is 3. The second-order valence-corrected chi connectivity index (χ2v) is 8.60. The number of carbonyl (C=O) groups excluding carboxylic acids is 2. The fourth-order valence-electron chi connectivity index (χ4n) is 2.77. The van der Waals surface area contributed by atoms with E-state index in [0.717, 1.165) is 10.0 Å². The summed E-state index contributed by atoms with van der Waals surface area (Å²) in [7, 11) is 0. The van der Waals surface area contributed by atoms with Crippen molar-refractivity contribution in [2.45, 2.75) is 45.8 Å². The van der Waals surface area contributed by atoms with Gasteiger partial charge in [0.1, 0.15) is 6.04 Å². The monoisotopic (exact) mass is 484 g/mol. The van der Waals surface area contributed by atoms with Crippen LogP contribution in [-0.2, 0) is 22.6 Å². The summed E-state index contributed by atoms with van der Waals surface area (Å²) in [6, 6.07) is 12.1. The van der Waals surface area contributed by atoms with Crippen molar-refractivity contribution in [3.8, 4) is 0 Å². The molecule has 7 heteroatoms. The van der Waals surface area contributed by atoms with Crippen molar-refractivity contribution in [2.75, 3.05) is 0 Å². The van der Waals surface area contributed by atoms with E-state index in [-0.39, 0.29) is 24.3 Å². The zero-order valence-electron chi connectivity index (χ0n) is 16.0. The zero-order valence-corrected chi connectivity index (χ0v) is 19.1. The summed E-state index contributed by atoms with van der Waals surface area (Å²) in [6.07, 6.45) is 0.0197. The first-order chi connectivity index (χ1) is 13.2. The van der Waals surface area contributed by atoms with Gasteiger partial charge in [-0.2, -0.15) is 0 Å². The molecule has 2 aromatic rings. The van der Waals surface area contributed by atoms with Crippen LogP contribution in [0.3, 0.4) is 0 Å². The summed E-state index contributed by atoms with van der Waals surface area (Å²) in [5, 5.41) is 3.73. The van der Waals surface area contributed by atoms with E-state index < -0.39 is 6.04 Å². The van der Waals surface area contributed by atoms with Crippen LogP contribution in [-0.4, -0.2) is 28.8 Å². The Labute approximate surface area is 184 Å². The second kappa shape index (κ2) is 10.3. The van der Waals surface area contributed by atoms with Crippen LogP contribution in [0.25, 0.3) is 0 Å². The molecule has 4 nitrogen and oxygen atoms in total. The molecule has 0 spiro atoms. The van der Waals surface area contributed by atoms with Crippen molar-refractivity contribution in [3.05, 3.63) is 68.1 Å². The summed E-state index contributed by atoms with van der Waals surface area (Å²) in [5.74, 6) is -0.426. The third-order valence-corrected chi connectivity index (χ3v) is 5.43. The molecule has 0 aliphatic heterocycles. The smallest absolute Gasteiger partial charge is 0.242 e. The predicted molar refractivity (Wildman–Crippen MR) is 118 cm³/mol. The zero-order chi connectivity index (χ0) is 20.8. The molecule has 0 fully saturated rings. The van der Waals surface area contributed by atoms with E-state index >= 15 is 0 Å². The summed E-state index contributed by atoms with van der Waals surface area (Å²) < 4.78 is 0.908. The first-order valence-corrected chi connectivity index (χ1v) is 10.5. The van der Waals surface area contributed by atoms with Gasteiger partial charge in [-0.25, -0.2) is 0 Å². The lowest BCUT2D eigenvalue weighted by Gasteiger charge is -2.29. The number of hydrogen-bond donors (Lipinski definition) is 1. The van der Waals surface area contributed by atoms with E-state index in [1.54, 1.807) is 30.0 Å². The minimum atomic E-state index is -0.643. The van der Waals surface area contributed by atoms with Crippen molar-refractivity contribution in [3.63, 3.8) is 0 Å². The van der Waals surface area contributed by atoms with E-state index in [1.807, 2.05) is 38.1 Å². The average molecular weight is 486 g/mol. The highest BCUT2D eigenvalue weighted by molar-refractivity contribution is 9.10. The van der Waals surface area contributed by atoms with Gasteiger partial charge in [0.2, 0.25) is 11.8 Å². The molecule has 1 N–H and O–H groups in total. The molecule has 0 heterocycles. The van der Waals surface area contributed by atoms with Crippen molar-refractivity contribution >= 4 is 50.9 Å². The first-order valence-electron chi connectivity index (χ1n) is 8.96. The van der Waals surface area contributed by atoms with Crippen molar-refractivity contribution in [1.82, 2.24) is 10.2 Å². The van der Waals surface area contributed by atoms with Crippen molar-refractivity contribution < 1.29 is 9.59 Å². The topological polar surface area (TPSA) is 49.4 Å². The van der Waals surface area contributed by atoms with Crippen LogP contribution in [0, 0.1) is 0 Å². The van der Waals surface area contributed by atoms with Crippen LogP contribution in [0.4, 0.5) is 0 Å². The molecule has 0 aliphatic rings. The molecule has 150 valence electrons. The fraction of sp³-hybridized carbons (Fsp3) is 0.333. The Morgan fingerprint density at radius 2 is 1.68 bits per heavy atom. The Morgan fingerprint density at radius 3 is 2.25 bits per heavy atom. The largest absolute Gasteiger partial charge is 0.352 e. The van der Waals surface area contributed by atoms with Crippen LogP contribution in [0.15, 0.2) is 46.9 Å². The molecule has 0 bridgehead atoms. The predicted octanol–water partition coefficient (Wildman–Crippen LogP) is 5.24. The van der Waals surface area contributed by atoms with Gasteiger partial charge in [0.05, 0.1) is 6.42 Å². The van der Waals surface area contributed by atoms with Gasteiger partial charge >= 0.3 is 0 Å². The Morgan fingerprint density at radius 1 is 1.07 bits per heavy atom. The lowest BCUT2D eigenvalue weighted by Crippen LogP contribution is -2.49. The van der Waals surface area contributed by atoms with Gasteiger partial charge in [-0.1, -0.05) is 57.3 Å². The lowest BCUT2D eigenvalue weighted by atomic mass is 10.1. The molecular formula is C21H23BrCl2N2O2. The number of hydrogen-bond acceptors (Lipinski definition) is 2. The number of carbonyl (C=O) groups is 2. The quantitative estimate of drug-likeness (QED) is 0.582. The van der Waals surface area contributed by atoms with Gasteiger partial charge in [0, 0.05) is 27.1 Å². The second-order valence-electron chi connectivity index (χ2n) is 6.87. The molecule has 1 atom stereocenters. The molecular weight excluding hydrogens is 463 g/mol. The molecule has 2 rings (SSSR count). The average Bonchev–Trinajstić information content (AvgIpc) is 2.61. The van der Waals surface area contributed by atoms with Gasteiger partial charge in [0.15, 0.2) is 0 Å². The van der Waals surface area contributed by atoms with Crippen LogP contribution < -0.4 is 5.32 Å². The van der Waals surface area contributed by atoms with E-state index in [4.69, 9.17) is 23.2 Å². The normalized spacial score (nSPS) is 12.0. The lowest BCUT2D eigenvalue weighted by molar-refractivity contribution is -0.140. The number of benzene rings is 2. The van der Waals surface area contributed by atoms with Gasteiger partial charge in [-0.05, 0) is 56.2 Å². The van der Waals surface area contributed by atoms with Crippen LogP contribution in [0.1, 0.15) is 31.9 Å². The Balaban J connectivity index is 2.30. The summed E-state index contributed by atoms with van der Waals surface area (Å²) in [4.78, 5) is 27.3. The molecule has 28 heavy (non-hydrogen) atoms. The fourth-order valence-corrected chi connectivity index (χ4v) is 3.75. The van der Waals surface area contributed by atoms with E-state index in [2.05, 4.69) is 21.2 Å². The standard InChI is InChI=1S/C21H23BrCl2N2O2/c1-13(2)25-21(28)14(3)26(12-15-6-4-7-16(22)10-15)20(27)11-17-18(23)8-5-9-19(17)24/h4-10,13-14H,11-12H2,1-3H3,(H,25,28)/t14-/m1/s1. The minimum absolute atomic E-state index is 0.0178. The number of rotatable bonds is 7. The number of nitrogens with zero attached hydrogens (tertiary/aromatic N) is 1. The third-order valence-electron chi connectivity index (χ3n) is 4.23. The van der Waals surface area contributed by atoms with Gasteiger partial charge < -0.3 is 10.2 Å². The molecule has 2 aromatic carbocycles. The van der Waals surface area contributed by atoms with Crippen LogP contribution >= 0.6 is 39.1 Å². The first kappa shape index (κ1) is 22.7. The van der Waals surface area contributed by atoms with Crippen LogP contribution in [0.2, 0.25) is 10.0 Å². The molecule has 0 unspecified atom stereocenters. The number of nitrogens with one attached hydrogen (secondary N) is 1. The maximum absolute atomic E-state index is 13.2. The van der Waals surface area contributed by atoms with Gasteiger partial charge in [0.25, 0.3) is 0 Å². The SMILES string of the molecule is CC(C)NC(=O)[C@@H](C)N(Cc1cccc(Br)c1)C(=O)Cc1c(Cl)cccc1Cl. The maximum Gasteiger partial charge on any atom is 0.242 e. The van der Waals surface area contributed by atoms with Crippen molar-refractivity contribution in [2.24, 2.45) is 0 Å². The molecule has 0 aliphatic carbocycles. The number of amides is 2. The highest BCUT2D eigenvalue weighted by Gasteiger charge is 2.27. The Bertz CT molecular complexity index is 838. The van der Waals surface area contributed by atoms with E-state index in [0.29, 0.717) is 22.2 Å². The third kappa shape index (κ3) is 6.23. The minimum Gasteiger partial charge on any atom is -0.352 e. The van der Waals surface area contributed by atoms with Gasteiger partial charge in [-0.15, -0.1) is 0 Å². The Kier molecular flexibility index (Phi) is 8.35. The molecule has 0 aromatic heterocycles. The van der Waals surface area contributed by atoms with E-state index in [1.165, 1.54) is 0 Å².